The summed E-state index contributed by atoms with van der Waals surface area (Å²) in [6.45, 7) is 2.78. The van der Waals surface area contributed by atoms with E-state index >= 15 is 0 Å². The van der Waals surface area contributed by atoms with Crippen LogP contribution in [0.3, 0.4) is 0 Å². The number of esters is 1. The monoisotopic (exact) mass is 394 g/mol. The van der Waals surface area contributed by atoms with Crippen molar-refractivity contribution in [1.82, 2.24) is 0 Å². The van der Waals surface area contributed by atoms with Crippen LogP contribution in [0.4, 0.5) is 0 Å². The second-order valence-corrected chi connectivity index (χ2v) is 6.20. The fourth-order valence-corrected chi connectivity index (χ4v) is 2.59. The van der Waals surface area contributed by atoms with Gasteiger partial charge in [-0.3, -0.25) is 4.79 Å². The Bertz CT molecular complexity index is 692. The number of cyclic esters (lactones) is 1. The Labute approximate surface area is 165 Å². The topological polar surface area (TPSA) is 136 Å². The normalized spacial score (nSPS) is 17.0. The predicted molar refractivity (Wildman–Crippen MR) is 108 cm³/mol. The first-order valence-electron chi connectivity index (χ1n) is 9.14. The van der Waals surface area contributed by atoms with E-state index < -0.39 is 5.97 Å². The molecule has 0 saturated carbocycles. The first-order chi connectivity index (χ1) is 12.6. The number of benzene rings is 1. The van der Waals surface area contributed by atoms with Gasteiger partial charge in [0, 0.05) is 12.5 Å². The highest BCUT2D eigenvalue weighted by Gasteiger charge is 2.18. The molecule has 0 saturated heterocycles. The molecule has 7 heteroatoms. The van der Waals surface area contributed by atoms with Gasteiger partial charge >= 0.3 is 5.97 Å². The van der Waals surface area contributed by atoms with Gasteiger partial charge in [0.15, 0.2) is 5.78 Å². The van der Waals surface area contributed by atoms with E-state index in [-0.39, 0.29) is 34.7 Å². The second-order valence-electron chi connectivity index (χ2n) is 6.20. The van der Waals surface area contributed by atoms with Gasteiger partial charge in [0.2, 0.25) is 0 Å². The average molecular weight is 394 g/mol. The van der Waals surface area contributed by atoms with Crippen molar-refractivity contribution >= 4 is 17.8 Å². The molecule has 0 radical (unpaired) electrons. The number of carbonyl (C=O) groups excluding carboxylic acids is 2. The Morgan fingerprint density at radius 2 is 1.86 bits per heavy atom. The summed E-state index contributed by atoms with van der Waals surface area (Å²) in [5.41, 5.74) is 0.696. The van der Waals surface area contributed by atoms with E-state index in [1.165, 1.54) is 12.1 Å². The minimum Gasteiger partial charge on any atom is -0.507 e. The molecule has 0 aliphatic carbocycles. The lowest BCUT2D eigenvalue weighted by atomic mass is 10.0. The van der Waals surface area contributed by atoms with E-state index in [4.69, 9.17) is 9.47 Å². The SMILES string of the molecule is CCCCOc1cc(O)c2c(c1)/C=C/CCCC(=O)/C=C\CCOC2=O.O.O. The smallest absolute Gasteiger partial charge is 0.342 e. The first kappa shape index (κ1) is 25.4. The van der Waals surface area contributed by atoms with Gasteiger partial charge in [-0.2, -0.15) is 0 Å². The third-order valence-corrected chi connectivity index (χ3v) is 4.01. The van der Waals surface area contributed by atoms with Crippen LogP contribution in [0.5, 0.6) is 11.5 Å². The summed E-state index contributed by atoms with van der Waals surface area (Å²) in [4.78, 5) is 24.0. The molecule has 0 unspecified atom stereocenters. The van der Waals surface area contributed by atoms with Crippen molar-refractivity contribution in [3.05, 3.63) is 41.5 Å². The molecule has 156 valence electrons. The molecule has 1 aliphatic rings. The van der Waals surface area contributed by atoms with E-state index in [1.807, 2.05) is 6.08 Å². The Morgan fingerprint density at radius 1 is 1.11 bits per heavy atom. The zero-order chi connectivity index (χ0) is 18.8. The van der Waals surface area contributed by atoms with Crippen molar-refractivity contribution in [3.8, 4) is 11.5 Å². The summed E-state index contributed by atoms with van der Waals surface area (Å²) in [6, 6.07) is 3.19. The molecule has 0 atom stereocenters. The average Bonchev–Trinajstić information content (AvgIpc) is 2.60. The van der Waals surface area contributed by atoms with Crippen molar-refractivity contribution in [2.75, 3.05) is 13.2 Å². The van der Waals surface area contributed by atoms with Gasteiger partial charge in [0.1, 0.15) is 17.1 Å². The van der Waals surface area contributed by atoms with Crippen LogP contribution >= 0.6 is 0 Å². The van der Waals surface area contributed by atoms with E-state index in [0.29, 0.717) is 37.2 Å². The molecular formula is C21H30O7. The molecule has 0 fully saturated rings. The van der Waals surface area contributed by atoms with Gasteiger partial charge in [-0.25, -0.2) is 4.79 Å². The highest BCUT2D eigenvalue weighted by atomic mass is 16.5. The number of unbranched alkanes of at least 4 members (excludes halogenated alkanes) is 1. The van der Waals surface area contributed by atoms with Crippen LogP contribution in [-0.2, 0) is 9.53 Å². The van der Waals surface area contributed by atoms with Gasteiger partial charge in [-0.15, -0.1) is 0 Å². The number of phenolic OH excluding ortho intramolecular Hbond substituents is 1. The van der Waals surface area contributed by atoms with E-state index in [0.717, 1.165) is 19.3 Å². The van der Waals surface area contributed by atoms with E-state index in [2.05, 4.69) is 6.92 Å². The number of carbonyl (C=O) groups is 2. The predicted octanol–water partition coefficient (Wildman–Crippen LogP) is 2.79. The number of ether oxygens (including phenoxy) is 2. The molecule has 1 aromatic carbocycles. The molecule has 0 spiro atoms. The van der Waals surface area contributed by atoms with Crippen LogP contribution in [0.2, 0.25) is 0 Å². The second kappa shape index (κ2) is 13.5. The lowest BCUT2D eigenvalue weighted by molar-refractivity contribution is -0.114. The molecule has 1 heterocycles. The number of hydrogen-bond acceptors (Lipinski definition) is 5. The highest BCUT2D eigenvalue weighted by molar-refractivity contribution is 5.97. The van der Waals surface area contributed by atoms with E-state index in [1.54, 1.807) is 18.2 Å². The molecule has 0 amide bonds. The molecule has 28 heavy (non-hydrogen) atoms. The van der Waals surface area contributed by atoms with Gasteiger partial charge < -0.3 is 25.5 Å². The standard InChI is InChI=1S/C21H26O5.2H2O/c1-2-3-12-25-18-14-16-9-5-4-6-10-17(22)11-7-8-13-26-21(24)20(16)19(23)15-18;;/h5,7,9,11,14-15,23H,2-4,6,8,10,12-13H2,1H3;2*1H2/b9-5+,11-7-;;. The zero-order valence-corrected chi connectivity index (χ0v) is 16.2. The molecule has 7 nitrogen and oxygen atoms in total. The van der Waals surface area contributed by atoms with Crippen LogP contribution in [0.1, 0.15) is 61.4 Å². The van der Waals surface area contributed by atoms with Gasteiger partial charge in [0.05, 0.1) is 13.2 Å². The van der Waals surface area contributed by atoms with Gasteiger partial charge in [-0.05, 0) is 43.4 Å². The van der Waals surface area contributed by atoms with Crippen molar-refractivity contribution in [3.63, 3.8) is 0 Å². The lowest BCUT2D eigenvalue weighted by Crippen LogP contribution is -2.09. The summed E-state index contributed by atoms with van der Waals surface area (Å²) < 4.78 is 10.9. The van der Waals surface area contributed by atoms with Crippen LogP contribution in [-0.4, -0.2) is 41.0 Å². The van der Waals surface area contributed by atoms with Gasteiger partial charge in [0.25, 0.3) is 0 Å². The van der Waals surface area contributed by atoms with Crippen molar-refractivity contribution in [1.29, 1.82) is 0 Å². The van der Waals surface area contributed by atoms with Gasteiger partial charge in [-0.1, -0.05) is 31.6 Å². The maximum atomic E-state index is 12.4. The molecule has 1 aromatic rings. The van der Waals surface area contributed by atoms with Crippen LogP contribution in [0.25, 0.3) is 6.08 Å². The third kappa shape index (κ3) is 7.94. The minimum atomic E-state index is -0.584. The third-order valence-electron chi connectivity index (χ3n) is 4.01. The first-order valence-corrected chi connectivity index (χ1v) is 9.14. The Balaban J connectivity index is 0.00000364. The van der Waals surface area contributed by atoms with Crippen molar-refractivity contribution in [2.24, 2.45) is 0 Å². The fourth-order valence-electron chi connectivity index (χ4n) is 2.59. The summed E-state index contributed by atoms with van der Waals surface area (Å²) in [6.07, 6.45) is 11.2. The Hall–Kier alpha value is -2.64. The minimum absolute atomic E-state index is 0. The molecule has 0 bridgehead atoms. The number of phenols is 1. The molecule has 0 aromatic heterocycles. The molecule has 2 rings (SSSR count). The maximum Gasteiger partial charge on any atom is 0.342 e. The van der Waals surface area contributed by atoms with Crippen LogP contribution in [0.15, 0.2) is 30.4 Å². The number of fused-ring (bicyclic) bond motifs is 1. The van der Waals surface area contributed by atoms with Crippen LogP contribution in [0, 0.1) is 0 Å². The lowest BCUT2D eigenvalue weighted by Gasteiger charge is -2.12. The Kier molecular flexibility index (Phi) is 12.2. The zero-order valence-electron chi connectivity index (χ0n) is 16.2. The molecular weight excluding hydrogens is 364 g/mol. The number of hydrogen-bond donors (Lipinski definition) is 1. The summed E-state index contributed by atoms with van der Waals surface area (Å²) in [5, 5.41) is 10.3. The van der Waals surface area contributed by atoms with Crippen LogP contribution < -0.4 is 4.74 Å². The number of aromatic hydroxyl groups is 1. The van der Waals surface area contributed by atoms with Crippen molar-refractivity contribution < 1.29 is 35.1 Å². The number of ketones is 1. The number of allylic oxidation sites excluding steroid dienone is 2. The maximum absolute atomic E-state index is 12.4. The van der Waals surface area contributed by atoms with E-state index in [9.17, 15) is 14.7 Å². The molecule has 5 N–H and O–H groups in total. The summed E-state index contributed by atoms with van der Waals surface area (Å²) in [7, 11) is 0. The fraction of sp³-hybridized carbons (Fsp3) is 0.429. The summed E-state index contributed by atoms with van der Waals surface area (Å²) >= 11 is 0. The Morgan fingerprint density at radius 3 is 2.61 bits per heavy atom. The summed E-state index contributed by atoms with van der Waals surface area (Å²) in [5.74, 6) is -0.140. The largest absolute Gasteiger partial charge is 0.507 e. The van der Waals surface area contributed by atoms with Crippen molar-refractivity contribution in [2.45, 2.75) is 45.4 Å². The molecule has 1 aliphatic heterocycles. The highest BCUT2D eigenvalue weighted by Crippen LogP contribution is 2.30. The quantitative estimate of drug-likeness (QED) is 0.618. The number of rotatable bonds is 4.